The predicted molar refractivity (Wildman–Crippen MR) is 111 cm³/mol. The molecule has 1 unspecified atom stereocenters. The molecular formula is C17H25F3IN7O. The van der Waals surface area contributed by atoms with Gasteiger partial charge in [-0.3, -0.25) is 4.90 Å². The van der Waals surface area contributed by atoms with Crippen molar-refractivity contribution in [3.05, 3.63) is 6.33 Å². The minimum Gasteiger partial charge on any atom is -0.337 e. The van der Waals surface area contributed by atoms with Crippen molar-refractivity contribution in [3.63, 3.8) is 0 Å². The molecule has 2 N–H and O–H groups in total. The third-order valence-corrected chi connectivity index (χ3v) is 6.17. The predicted octanol–water partition coefficient (Wildman–Crippen LogP) is 1.24. The molecule has 0 amide bonds. The molecule has 3 atom stereocenters. The number of carbonyl (C=O) groups excluding carboxylic acids is 1. The quantitative estimate of drug-likeness (QED) is 0.307. The lowest BCUT2D eigenvalue weighted by molar-refractivity contribution is -0.110. The first kappa shape index (κ1) is 22.4. The molecule has 0 spiro atoms. The van der Waals surface area contributed by atoms with E-state index in [1.165, 1.54) is 11.2 Å². The van der Waals surface area contributed by atoms with Crippen molar-refractivity contribution < 1.29 is 18.0 Å². The third kappa shape index (κ3) is 5.66. The van der Waals surface area contributed by atoms with E-state index in [-0.39, 0.29) is 25.0 Å². The standard InChI is InChI=1S/C17H25F3IN7O/c1-26(9-16(18,19)3-2-6-29)13-8-28(7-12(13)22)15-24-11-23-14(25-15)27-5-4-17(20,21)10-27/h6,11-13H,2-5,7-10,22H2,1H3/t12-,13-,17?/m0/s1. The number of aldehydes is 1. The smallest absolute Gasteiger partial charge is 0.260 e. The monoisotopic (exact) mass is 527 g/mol. The van der Waals surface area contributed by atoms with Gasteiger partial charge in [0.05, 0.1) is 13.1 Å². The minimum absolute atomic E-state index is 0.175. The van der Waals surface area contributed by atoms with Gasteiger partial charge >= 0.3 is 0 Å². The van der Waals surface area contributed by atoms with Crippen molar-refractivity contribution in [1.29, 1.82) is 0 Å². The molecule has 2 saturated heterocycles. The number of hydrogen-bond donors (Lipinski definition) is 1. The van der Waals surface area contributed by atoms with Gasteiger partial charge in [0, 0.05) is 51.0 Å². The van der Waals surface area contributed by atoms with Crippen LogP contribution in [0, 0.1) is 0 Å². The first-order valence-electron chi connectivity index (χ1n) is 9.44. The number of anilines is 2. The number of halogens is 4. The van der Waals surface area contributed by atoms with Gasteiger partial charge in [-0.05, 0) is 29.6 Å². The van der Waals surface area contributed by atoms with Gasteiger partial charge in [0.2, 0.25) is 11.9 Å². The van der Waals surface area contributed by atoms with Crippen LogP contribution in [0.5, 0.6) is 0 Å². The Morgan fingerprint density at radius 3 is 2.69 bits per heavy atom. The van der Waals surface area contributed by atoms with E-state index in [0.717, 1.165) is 0 Å². The van der Waals surface area contributed by atoms with Crippen LogP contribution in [0.15, 0.2) is 6.33 Å². The summed E-state index contributed by atoms with van der Waals surface area (Å²) in [5.74, 6) is -2.16. The molecule has 2 fully saturated rings. The number of carbonyl (C=O) groups is 1. The average molecular weight is 527 g/mol. The third-order valence-electron chi connectivity index (χ3n) is 5.29. The fourth-order valence-corrected chi connectivity index (χ4v) is 4.42. The highest BCUT2D eigenvalue weighted by molar-refractivity contribution is 14.1. The summed E-state index contributed by atoms with van der Waals surface area (Å²) in [5.41, 5.74) is 6.21. The van der Waals surface area contributed by atoms with Crippen molar-refractivity contribution in [2.75, 3.05) is 49.6 Å². The van der Waals surface area contributed by atoms with E-state index in [0.29, 0.717) is 44.2 Å². The molecule has 3 rings (SSSR count). The molecule has 0 aliphatic carbocycles. The summed E-state index contributed by atoms with van der Waals surface area (Å²) in [6, 6.07) is -0.668. The number of rotatable bonds is 8. The molecule has 0 aromatic carbocycles. The van der Waals surface area contributed by atoms with E-state index in [2.05, 4.69) is 15.0 Å². The number of nitrogens with zero attached hydrogens (tertiary/aromatic N) is 6. The van der Waals surface area contributed by atoms with E-state index in [1.807, 2.05) is 4.90 Å². The lowest BCUT2D eigenvalue weighted by atomic mass is 10.1. The second-order valence-corrected chi connectivity index (χ2v) is 9.66. The highest BCUT2D eigenvalue weighted by Crippen LogP contribution is 2.34. The Labute approximate surface area is 181 Å². The summed E-state index contributed by atoms with van der Waals surface area (Å²) >= 11 is 1.79. The molecule has 162 valence electrons. The number of alkyl halides is 4. The van der Waals surface area contributed by atoms with E-state index in [9.17, 15) is 18.0 Å². The van der Waals surface area contributed by atoms with Gasteiger partial charge in [-0.2, -0.15) is 4.98 Å². The molecule has 29 heavy (non-hydrogen) atoms. The van der Waals surface area contributed by atoms with Gasteiger partial charge in [0.25, 0.3) is 5.92 Å². The summed E-state index contributed by atoms with van der Waals surface area (Å²) < 4.78 is 40.9. The Morgan fingerprint density at radius 2 is 2.07 bits per heavy atom. The fraction of sp³-hybridized carbons (Fsp3) is 0.765. The fourth-order valence-electron chi connectivity index (χ4n) is 3.76. The van der Waals surface area contributed by atoms with Crippen molar-refractivity contribution in [3.8, 4) is 0 Å². The van der Waals surface area contributed by atoms with Gasteiger partial charge in [0.15, 0.2) is 3.68 Å². The Kier molecular flexibility index (Phi) is 6.83. The highest BCUT2D eigenvalue weighted by atomic mass is 127. The van der Waals surface area contributed by atoms with E-state index in [4.69, 9.17) is 5.73 Å². The zero-order valence-electron chi connectivity index (χ0n) is 16.1. The SMILES string of the molecule is CN(CC(F)(F)CCC=O)[C@H]1CN(c2ncnc(N3CCC(F)(I)C3)n2)C[C@@H]1N. The molecule has 2 aliphatic rings. The van der Waals surface area contributed by atoms with Crippen LogP contribution in [0.25, 0.3) is 0 Å². The number of nitrogens with two attached hydrogens (primary N) is 1. The second-order valence-electron chi connectivity index (χ2n) is 7.73. The van der Waals surface area contributed by atoms with Crippen LogP contribution in [0.4, 0.5) is 25.1 Å². The van der Waals surface area contributed by atoms with Crippen LogP contribution in [-0.2, 0) is 4.79 Å². The first-order chi connectivity index (χ1) is 13.6. The topological polar surface area (TPSA) is 91.5 Å². The average Bonchev–Trinajstić information content (AvgIpc) is 3.22. The van der Waals surface area contributed by atoms with Crippen molar-refractivity contribution in [1.82, 2.24) is 19.9 Å². The summed E-state index contributed by atoms with van der Waals surface area (Å²) in [4.78, 5) is 28.3. The lowest BCUT2D eigenvalue weighted by Crippen LogP contribution is -2.49. The number of likely N-dealkylation sites (N-methyl/N-ethyl adjacent to an activating group) is 1. The summed E-state index contributed by atoms with van der Waals surface area (Å²) in [5, 5.41) is 0. The summed E-state index contributed by atoms with van der Waals surface area (Å²) in [7, 11) is 1.60. The first-order valence-corrected chi connectivity index (χ1v) is 10.5. The molecule has 2 aliphatic heterocycles. The minimum atomic E-state index is -2.96. The molecule has 8 nitrogen and oxygen atoms in total. The maximum absolute atomic E-state index is 14.1. The van der Waals surface area contributed by atoms with Gasteiger partial charge in [0.1, 0.15) is 12.6 Å². The Morgan fingerprint density at radius 1 is 1.38 bits per heavy atom. The molecule has 0 bridgehead atoms. The maximum Gasteiger partial charge on any atom is 0.260 e. The van der Waals surface area contributed by atoms with E-state index >= 15 is 0 Å². The van der Waals surface area contributed by atoms with Crippen LogP contribution in [0.1, 0.15) is 19.3 Å². The lowest BCUT2D eigenvalue weighted by Gasteiger charge is -2.30. The second kappa shape index (κ2) is 8.84. The van der Waals surface area contributed by atoms with Gasteiger partial charge < -0.3 is 20.3 Å². The molecule has 0 saturated carbocycles. The maximum atomic E-state index is 14.1. The Balaban J connectivity index is 1.65. The normalized spacial score (nSPS) is 27.8. The van der Waals surface area contributed by atoms with Crippen LogP contribution in [0.2, 0.25) is 0 Å². The molecule has 3 heterocycles. The summed E-state index contributed by atoms with van der Waals surface area (Å²) in [6.07, 6.45) is 1.62. The molecular weight excluding hydrogens is 502 g/mol. The largest absolute Gasteiger partial charge is 0.337 e. The zero-order valence-corrected chi connectivity index (χ0v) is 18.3. The van der Waals surface area contributed by atoms with Crippen molar-refractivity contribution in [2.45, 2.75) is 40.9 Å². The van der Waals surface area contributed by atoms with E-state index in [1.54, 1.807) is 34.5 Å². The number of aromatic nitrogens is 3. The molecule has 1 aromatic heterocycles. The van der Waals surface area contributed by atoms with Crippen LogP contribution < -0.4 is 15.5 Å². The Hall–Kier alpha value is -1.28. The van der Waals surface area contributed by atoms with Gasteiger partial charge in [-0.15, -0.1) is 0 Å². The summed E-state index contributed by atoms with van der Waals surface area (Å²) in [6.45, 7) is 1.06. The van der Waals surface area contributed by atoms with Crippen LogP contribution in [0.3, 0.4) is 0 Å². The highest BCUT2D eigenvalue weighted by Gasteiger charge is 2.40. The zero-order chi connectivity index (χ0) is 21.2. The molecule has 0 radical (unpaired) electrons. The van der Waals surface area contributed by atoms with Crippen LogP contribution in [-0.4, -0.2) is 87.6 Å². The Bertz CT molecular complexity index is 726. The van der Waals surface area contributed by atoms with Gasteiger partial charge in [-0.25, -0.2) is 23.1 Å². The van der Waals surface area contributed by atoms with Crippen molar-refractivity contribution >= 4 is 40.8 Å². The van der Waals surface area contributed by atoms with Crippen molar-refractivity contribution in [2.24, 2.45) is 5.73 Å². The van der Waals surface area contributed by atoms with Gasteiger partial charge in [-0.1, -0.05) is 0 Å². The van der Waals surface area contributed by atoms with Crippen LogP contribution >= 0.6 is 22.6 Å². The van der Waals surface area contributed by atoms with E-state index < -0.39 is 22.6 Å². The molecule has 12 heteroatoms. The number of hydrogen-bond acceptors (Lipinski definition) is 8. The molecule has 1 aromatic rings.